The van der Waals surface area contributed by atoms with E-state index >= 15 is 0 Å². The van der Waals surface area contributed by atoms with Gasteiger partial charge < -0.3 is 14.6 Å². The Morgan fingerprint density at radius 3 is 0.793 bits per heavy atom. The molecule has 0 fully saturated rings. The number of hydrogen-bond acceptors (Lipinski definition) is 5. The topological polar surface area (TPSA) is 72.8 Å². The van der Waals surface area contributed by atoms with Crippen LogP contribution >= 0.6 is 0 Å². The summed E-state index contributed by atoms with van der Waals surface area (Å²) in [5.74, 6) is -0.614. The summed E-state index contributed by atoms with van der Waals surface area (Å²) in [5.41, 5.74) is 0. The van der Waals surface area contributed by atoms with Crippen molar-refractivity contribution in [1.82, 2.24) is 0 Å². The van der Waals surface area contributed by atoms with E-state index in [0.717, 1.165) is 116 Å². The highest BCUT2D eigenvalue weighted by Crippen LogP contribution is 2.18. The van der Waals surface area contributed by atoms with Gasteiger partial charge in [0.05, 0.1) is 6.61 Å². The minimum atomic E-state index is -0.794. The standard InChI is InChI=1S/C77H132O5/c1-3-5-7-9-11-13-15-17-19-21-23-25-27-29-31-33-35-37-38-40-42-44-46-48-50-52-54-56-58-60-62-64-66-68-70-72-77(80)82-75(73-78)74-81-76(79)71-69-67-65-63-61-59-57-55-53-51-49-47-45-43-41-39-36-34-32-30-28-26-24-22-20-18-16-14-12-10-8-6-4-2/h5,7,11,13,17,19,23,25,29,31,35,37,40,42,46,48,52,54,58,60,75,78H,3-4,6,8-10,12,14-16,18,20-22,24,26-28,30,32-34,36,38-39,41,43-45,47,49-51,53,55-57,59,61-74H2,1-2H3/b7-5-,13-11-,19-17-,25-23-,31-29-,37-35-,42-40-,48-46-,54-52-,60-58-. The monoisotopic (exact) mass is 1140 g/mol. The van der Waals surface area contributed by atoms with Crippen molar-refractivity contribution in [3.63, 3.8) is 0 Å². The van der Waals surface area contributed by atoms with E-state index in [9.17, 15) is 14.7 Å². The molecule has 0 aromatic carbocycles. The van der Waals surface area contributed by atoms with Crippen LogP contribution in [-0.2, 0) is 19.1 Å². The van der Waals surface area contributed by atoms with Gasteiger partial charge in [-0.15, -0.1) is 0 Å². The van der Waals surface area contributed by atoms with Crippen molar-refractivity contribution in [2.75, 3.05) is 13.2 Å². The van der Waals surface area contributed by atoms with Gasteiger partial charge in [0.1, 0.15) is 6.61 Å². The molecule has 5 heteroatoms. The van der Waals surface area contributed by atoms with Crippen LogP contribution < -0.4 is 0 Å². The van der Waals surface area contributed by atoms with Crippen molar-refractivity contribution >= 4 is 11.9 Å². The molecule has 1 atom stereocenters. The zero-order valence-corrected chi connectivity index (χ0v) is 54.0. The molecule has 0 aliphatic carbocycles. The molecule has 1 unspecified atom stereocenters. The third kappa shape index (κ3) is 68.8. The number of aliphatic hydroxyl groups excluding tert-OH is 1. The Hall–Kier alpha value is -3.70. The quantitative estimate of drug-likeness (QED) is 0.0373. The molecule has 0 rings (SSSR count). The van der Waals surface area contributed by atoms with Gasteiger partial charge in [-0.05, 0) is 89.9 Å². The van der Waals surface area contributed by atoms with Gasteiger partial charge in [-0.1, -0.05) is 354 Å². The van der Waals surface area contributed by atoms with Gasteiger partial charge in [0.25, 0.3) is 0 Å². The van der Waals surface area contributed by atoms with Gasteiger partial charge in [-0.25, -0.2) is 0 Å². The lowest BCUT2D eigenvalue weighted by Crippen LogP contribution is -2.28. The molecule has 0 amide bonds. The predicted octanol–water partition coefficient (Wildman–Crippen LogP) is 24.5. The van der Waals surface area contributed by atoms with E-state index < -0.39 is 6.10 Å². The van der Waals surface area contributed by atoms with Crippen LogP contribution in [0.1, 0.15) is 335 Å². The maximum atomic E-state index is 12.4. The second-order valence-electron chi connectivity index (χ2n) is 23.2. The fourth-order valence-corrected chi connectivity index (χ4v) is 10.1. The molecular weight excluding hydrogens is 1000 g/mol. The summed E-state index contributed by atoms with van der Waals surface area (Å²) in [6, 6.07) is 0. The van der Waals surface area contributed by atoms with Gasteiger partial charge in [-0.2, -0.15) is 0 Å². The van der Waals surface area contributed by atoms with Crippen LogP contribution in [0.3, 0.4) is 0 Å². The Balaban J connectivity index is 3.53. The van der Waals surface area contributed by atoms with Gasteiger partial charge in [0.2, 0.25) is 0 Å². The molecule has 470 valence electrons. The number of unbranched alkanes of at least 4 members (excludes halogenated alkanes) is 36. The molecule has 1 N–H and O–H groups in total. The summed E-state index contributed by atoms with van der Waals surface area (Å²) in [5, 5.41) is 9.70. The maximum Gasteiger partial charge on any atom is 0.306 e. The van der Waals surface area contributed by atoms with E-state index in [1.165, 1.54) is 193 Å². The van der Waals surface area contributed by atoms with E-state index in [4.69, 9.17) is 9.47 Å². The molecule has 0 aromatic rings. The molecule has 0 bridgehead atoms. The van der Waals surface area contributed by atoms with Crippen molar-refractivity contribution < 1.29 is 24.2 Å². The fourth-order valence-electron chi connectivity index (χ4n) is 10.1. The minimum Gasteiger partial charge on any atom is -0.462 e. The van der Waals surface area contributed by atoms with Gasteiger partial charge in [-0.3, -0.25) is 9.59 Å². The number of ether oxygens (including phenoxy) is 2. The number of aliphatic hydroxyl groups is 1. The lowest BCUT2D eigenvalue weighted by Gasteiger charge is -2.15. The summed E-state index contributed by atoms with van der Waals surface area (Å²) in [6.45, 7) is 4.04. The molecule has 0 heterocycles. The molecule has 0 aliphatic heterocycles. The van der Waals surface area contributed by atoms with Crippen LogP contribution in [-0.4, -0.2) is 36.4 Å². The Labute approximate surface area is 509 Å². The Morgan fingerprint density at radius 2 is 0.524 bits per heavy atom. The maximum absolute atomic E-state index is 12.4. The number of rotatable bonds is 64. The number of allylic oxidation sites excluding steroid dienone is 20. The van der Waals surface area contributed by atoms with Crippen molar-refractivity contribution in [3.8, 4) is 0 Å². The lowest BCUT2D eigenvalue weighted by atomic mass is 10.0. The smallest absolute Gasteiger partial charge is 0.306 e. The lowest BCUT2D eigenvalue weighted by molar-refractivity contribution is -0.161. The van der Waals surface area contributed by atoms with Crippen LogP contribution in [0.2, 0.25) is 0 Å². The minimum absolute atomic E-state index is 0.0800. The predicted molar refractivity (Wildman–Crippen MR) is 362 cm³/mol. The number of carbonyl (C=O) groups is 2. The highest BCUT2D eigenvalue weighted by Gasteiger charge is 2.16. The van der Waals surface area contributed by atoms with Gasteiger partial charge in [0.15, 0.2) is 6.10 Å². The van der Waals surface area contributed by atoms with E-state index in [-0.39, 0.29) is 25.2 Å². The SMILES string of the molecule is CC/C=C\C/C=C\C/C=C\C/C=C\C/C=C\C/C=C\C/C=C\C/C=C\C/C=C\C/C=C\CCCCCCC(=O)OC(CO)COC(=O)CCCCCCCCCCCCCCCCCCCCCCCCCCCCCCCCCCC. The van der Waals surface area contributed by atoms with Crippen LogP contribution in [0.25, 0.3) is 0 Å². The molecule has 82 heavy (non-hydrogen) atoms. The molecule has 5 nitrogen and oxygen atoms in total. The first-order valence-corrected chi connectivity index (χ1v) is 35.1. The van der Waals surface area contributed by atoms with Crippen molar-refractivity contribution in [1.29, 1.82) is 0 Å². The zero-order valence-electron chi connectivity index (χ0n) is 54.0. The zero-order chi connectivity index (χ0) is 59.1. The first-order valence-electron chi connectivity index (χ1n) is 35.1. The van der Waals surface area contributed by atoms with Crippen molar-refractivity contribution in [2.45, 2.75) is 341 Å². The largest absolute Gasteiger partial charge is 0.462 e. The summed E-state index contributed by atoms with van der Waals surface area (Å²) < 4.78 is 10.7. The highest BCUT2D eigenvalue weighted by molar-refractivity contribution is 5.70. The van der Waals surface area contributed by atoms with E-state index in [2.05, 4.69) is 135 Å². The van der Waals surface area contributed by atoms with Crippen LogP contribution in [0, 0.1) is 0 Å². The van der Waals surface area contributed by atoms with Crippen molar-refractivity contribution in [3.05, 3.63) is 122 Å². The Morgan fingerprint density at radius 1 is 0.293 bits per heavy atom. The van der Waals surface area contributed by atoms with Crippen LogP contribution in [0.5, 0.6) is 0 Å². The highest BCUT2D eigenvalue weighted by atomic mass is 16.6. The first kappa shape index (κ1) is 78.3. The van der Waals surface area contributed by atoms with E-state index in [1.54, 1.807) is 0 Å². The molecule has 0 radical (unpaired) electrons. The van der Waals surface area contributed by atoms with Crippen molar-refractivity contribution in [2.24, 2.45) is 0 Å². The summed E-state index contributed by atoms with van der Waals surface area (Å²) in [4.78, 5) is 24.6. The third-order valence-corrected chi connectivity index (χ3v) is 15.3. The summed E-state index contributed by atoms with van der Waals surface area (Å²) in [7, 11) is 0. The molecule has 0 spiro atoms. The molecule has 0 saturated heterocycles. The Bertz CT molecular complexity index is 1620. The fraction of sp³-hybridized carbons (Fsp3) is 0.714. The number of carbonyl (C=O) groups excluding carboxylic acids is 2. The van der Waals surface area contributed by atoms with Gasteiger partial charge >= 0.3 is 11.9 Å². The summed E-state index contributed by atoms with van der Waals surface area (Å²) >= 11 is 0. The van der Waals surface area contributed by atoms with E-state index in [1.807, 2.05) is 0 Å². The van der Waals surface area contributed by atoms with Crippen LogP contribution in [0.15, 0.2) is 122 Å². The van der Waals surface area contributed by atoms with Gasteiger partial charge in [0, 0.05) is 12.8 Å². The second kappa shape index (κ2) is 71.6. The second-order valence-corrected chi connectivity index (χ2v) is 23.2. The molecular formula is C77H132O5. The number of esters is 2. The number of hydrogen-bond donors (Lipinski definition) is 1. The average molecular weight is 1140 g/mol. The Kier molecular flexibility index (Phi) is 68.3. The normalized spacial score (nSPS) is 13.0. The van der Waals surface area contributed by atoms with Crippen LogP contribution in [0.4, 0.5) is 0 Å². The summed E-state index contributed by atoms with van der Waals surface area (Å²) in [6.07, 6.45) is 105. The first-order chi connectivity index (χ1) is 40.6. The average Bonchev–Trinajstić information content (AvgIpc) is 3.49. The molecule has 0 aromatic heterocycles. The third-order valence-electron chi connectivity index (χ3n) is 15.3. The van der Waals surface area contributed by atoms with E-state index in [0.29, 0.717) is 12.8 Å². The molecule has 0 aliphatic rings. The molecule has 0 saturated carbocycles.